The molecule has 0 saturated carbocycles. The Labute approximate surface area is 144 Å². The van der Waals surface area contributed by atoms with Crippen molar-refractivity contribution in [1.82, 2.24) is 0 Å². The predicted molar refractivity (Wildman–Crippen MR) is 89.7 cm³/mol. The van der Waals surface area contributed by atoms with Gasteiger partial charge in [0.1, 0.15) is 16.8 Å². The van der Waals surface area contributed by atoms with Crippen molar-refractivity contribution in [1.29, 1.82) is 0 Å². The van der Waals surface area contributed by atoms with E-state index in [0.29, 0.717) is 11.0 Å². The molecule has 0 saturated heterocycles. The molecule has 1 N–H and O–H groups in total. The number of hydrogen-bond acceptors (Lipinski definition) is 7. The lowest BCUT2D eigenvalue weighted by molar-refractivity contribution is -0.384. The van der Waals surface area contributed by atoms with Gasteiger partial charge in [-0.15, -0.1) is 0 Å². The second kappa shape index (κ2) is 5.88. The van der Waals surface area contributed by atoms with Gasteiger partial charge in [0.25, 0.3) is 11.6 Å². The Bertz CT molecular complexity index is 1120. The van der Waals surface area contributed by atoms with Gasteiger partial charge in [0.05, 0.1) is 11.0 Å². The largest absolute Gasteiger partial charge is 0.454 e. The van der Waals surface area contributed by atoms with Gasteiger partial charge in [0.15, 0.2) is 11.5 Å². The van der Waals surface area contributed by atoms with Crippen molar-refractivity contribution in [2.45, 2.75) is 0 Å². The summed E-state index contributed by atoms with van der Waals surface area (Å²) < 4.78 is 15.4. The monoisotopic (exact) mass is 354 g/mol. The molecule has 4 rings (SSSR count). The highest BCUT2D eigenvalue weighted by Crippen LogP contribution is 2.40. The molecular formula is C17H10N2O7. The van der Waals surface area contributed by atoms with E-state index in [0.717, 1.165) is 6.07 Å². The number of anilines is 1. The molecule has 26 heavy (non-hydrogen) atoms. The molecular weight excluding hydrogens is 344 g/mol. The SMILES string of the molecule is O=C(Nc1cc2c(cc1[N+](=O)[O-])OCO2)c1cc2ccccc2oc1=O. The van der Waals surface area contributed by atoms with Crippen LogP contribution >= 0.6 is 0 Å². The number of benzene rings is 2. The van der Waals surface area contributed by atoms with Gasteiger partial charge in [0, 0.05) is 11.5 Å². The number of ether oxygens (including phenoxy) is 2. The Balaban J connectivity index is 1.74. The number of nitrogens with one attached hydrogen (secondary N) is 1. The fourth-order valence-electron chi connectivity index (χ4n) is 2.59. The maximum absolute atomic E-state index is 12.5. The molecule has 0 unspecified atom stereocenters. The normalized spacial score (nSPS) is 12.2. The van der Waals surface area contributed by atoms with Gasteiger partial charge in [-0.2, -0.15) is 0 Å². The van der Waals surface area contributed by atoms with Crippen molar-refractivity contribution in [3.05, 3.63) is 68.6 Å². The van der Waals surface area contributed by atoms with Gasteiger partial charge >= 0.3 is 5.63 Å². The van der Waals surface area contributed by atoms with Gasteiger partial charge < -0.3 is 19.2 Å². The Morgan fingerprint density at radius 1 is 1.12 bits per heavy atom. The Morgan fingerprint density at radius 3 is 2.62 bits per heavy atom. The number of nitro benzene ring substituents is 1. The molecule has 0 radical (unpaired) electrons. The number of nitro groups is 1. The third kappa shape index (κ3) is 2.61. The van der Waals surface area contributed by atoms with Crippen LogP contribution in [0.5, 0.6) is 11.5 Å². The zero-order chi connectivity index (χ0) is 18.3. The van der Waals surface area contributed by atoms with Gasteiger partial charge in [0.2, 0.25) is 6.79 Å². The highest BCUT2D eigenvalue weighted by Gasteiger charge is 2.25. The van der Waals surface area contributed by atoms with Crippen LogP contribution in [0.1, 0.15) is 10.4 Å². The molecule has 2 heterocycles. The summed E-state index contributed by atoms with van der Waals surface area (Å²) in [4.78, 5) is 35.1. The first-order valence-electron chi connectivity index (χ1n) is 7.45. The van der Waals surface area contributed by atoms with Crippen LogP contribution in [0, 0.1) is 10.1 Å². The molecule has 0 atom stereocenters. The number of rotatable bonds is 3. The summed E-state index contributed by atoms with van der Waals surface area (Å²) in [5.41, 5.74) is -1.27. The van der Waals surface area contributed by atoms with Crippen LogP contribution in [-0.2, 0) is 0 Å². The van der Waals surface area contributed by atoms with Crippen LogP contribution < -0.4 is 20.4 Å². The lowest BCUT2D eigenvalue weighted by Gasteiger charge is -2.07. The average Bonchev–Trinajstić information content (AvgIpc) is 3.07. The highest BCUT2D eigenvalue weighted by atomic mass is 16.7. The Morgan fingerprint density at radius 2 is 1.85 bits per heavy atom. The van der Waals surface area contributed by atoms with Crippen molar-refractivity contribution in [3.8, 4) is 11.5 Å². The number of fused-ring (bicyclic) bond motifs is 2. The van der Waals surface area contributed by atoms with Crippen LogP contribution in [0.25, 0.3) is 11.0 Å². The van der Waals surface area contributed by atoms with E-state index in [1.165, 1.54) is 12.1 Å². The molecule has 0 spiro atoms. The van der Waals surface area contributed by atoms with Crippen molar-refractivity contribution in [2.24, 2.45) is 0 Å². The molecule has 2 aromatic carbocycles. The molecule has 1 amide bonds. The Kier molecular flexibility index (Phi) is 3.54. The average molecular weight is 354 g/mol. The summed E-state index contributed by atoms with van der Waals surface area (Å²) in [6.07, 6.45) is 0. The van der Waals surface area contributed by atoms with E-state index in [9.17, 15) is 19.7 Å². The van der Waals surface area contributed by atoms with Gasteiger partial charge in [-0.25, -0.2) is 4.79 Å². The molecule has 1 aliphatic heterocycles. The second-order valence-electron chi connectivity index (χ2n) is 5.42. The van der Waals surface area contributed by atoms with Crippen LogP contribution in [-0.4, -0.2) is 17.6 Å². The fourth-order valence-corrected chi connectivity index (χ4v) is 2.59. The van der Waals surface area contributed by atoms with E-state index in [1.807, 2.05) is 0 Å². The number of amides is 1. The zero-order valence-corrected chi connectivity index (χ0v) is 13.1. The summed E-state index contributed by atoms with van der Waals surface area (Å²) >= 11 is 0. The molecule has 0 bridgehead atoms. The lowest BCUT2D eigenvalue weighted by atomic mass is 10.1. The first-order chi connectivity index (χ1) is 12.5. The smallest absolute Gasteiger partial charge is 0.349 e. The van der Waals surface area contributed by atoms with Crippen LogP contribution in [0.4, 0.5) is 11.4 Å². The van der Waals surface area contributed by atoms with Crippen LogP contribution in [0.15, 0.2) is 51.7 Å². The summed E-state index contributed by atoms with van der Waals surface area (Å²) in [5, 5.41) is 14.2. The van der Waals surface area contributed by atoms with Crippen molar-refractivity contribution in [3.63, 3.8) is 0 Å². The Hall–Kier alpha value is -3.88. The fraction of sp³-hybridized carbons (Fsp3) is 0.0588. The van der Waals surface area contributed by atoms with E-state index in [-0.39, 0.29) is 35.2 Å². The van der Waals surface area contributed by atoms with E-state index in [1.54, 1.807) is 24.3 Å². The number of nitrogens with zero attached hydrogens (tertiary/aromatic N) is 1. The van der Waals surface area contributed by atoms with E-state index >= 15 is 0 Å². The maximum Gasteiger partial charge on any atom is 0.349 e. The van der Waals surface area contributed by atoms with Gasteiger partial charge in [-0.3, -0.25) is 14.9 Å². The molecule has 1 aliphatic rings. The third-order valence-corrected chi connectivity index (χ3v) is 3.82. The molecule has 9 heteroatoms. The van der Waals surface area contributed by atoms with E-state index in [4.69, 9.17) is 13.9 Å². The summed E-state index contributed by atoms with van der Waals surface area (Å²) in [7, 11) is 0. The molecule has 0 aliphatic carbocycles. The van der Waals surface area contributed by atoms with Crippen LogP contribution in [0.2, 0.25) is 0 Å². The first kappa shape index (κ1) is 15.6. The topological polar surface area (TPSA) is 121 Å². The standard InChI is InChI=1S/C17H10N2O7/c20-16(10-5-9-3-1-2-4-13(9)26-17(10)21)18-11-6-14-15(25-8-24-14)7-12(11)19(22)23/h1-7H,8H2,(H,18,20). The van der Waals surface area contributed by atoms with E-state index in [2.05, 4.69) is 5.32 Å². The quantitative estimate of drug-likeness (QED) is 0.436. The van der Waals surface area contributed by atoms with E-state index < -0.39 is 16.5 Å². The molecule has 0 fully saturated rings. The number of carbonyl (C=O) groups is 1. The molecule has 9 nitrogen and oxygen atoms in total. The van der Waals surface area contributed by atoms with Gasteiger partial charge in [-0.1, -0.05) is 18.2 Å². The number of hydrogen-bond donors (Lipinski definition) is 1. The second-order valence-corrected chi connectivity index (χ2v) is 5.42. The van der Waals surface area contributed by atoms with Crippen LogP contribution in [0.3, 0.4) is 0 Å². The van der Waals surface area contributed by atoms with Crippen molar-refractivity contribution >= 4 is 28.3 Å². The van der Waals surface area contributed by atoms with Crippen molar-refractivity contribution < 1.29 is 23.6 Å². The number of carbonyl (C=O) groups excluding carboxylic acids is 1. The summed E-state index contributed by atoms with van der Waals surface area (Å²) in [6, 6.07) is 10.5. The van der Waals surface area contributed by atoms with Gasteiger partial charge in [-0.05, 0) is 12.1 Å². The highest BCUT2D eigenvalue weighted by molar-refractivity contribution is 6.06. The minimum Gasteiger partial charge on any atom is -0.454 e. The first-order valence-corrected chi connectivity index (χ1v) is 7.45. The summed E-state index contributed by atoms with van der Waals surface area (Å²) in [6.45, 7) is -0.0713. The molecule has 1 aromatic heterocycles. The summed E-state index contributed by atoms with van der Waals surface area (Å²) in [5.74, 6) is -0.358. The third-order valence-electron chi connectivity index (χ3n) is 3.82. The minimum absolute atomic E-state index is 0.0713. The zero-order valence-electron chi connectivity index (χ0n) is 13.1. The minimum atomic E-state index is -0.843. The number of para-hydroxylation sites is 1. The lowest BCUT2D eigenvalue weighted by Crippen LogP contribution is -2.21. The maximum atomic E-state index is 12.5. The molecule has 3 aromatic rings. The molecule has 130 valence electrons. The van der Waals surface area contributed by atoms with Crippen molar-refractivity contribution in [2.75, 3.05) is 12.1 Å². The predicted octanol–water partition coefficient (Wildman–Crippen LogP) is 2.68.